The van der Waals surface area contributed by atoms with Gasteiger partial charge in [0.15, 0.2) is 0 Å². The highest BCUT2D eigenvalue weighted by Gasteiger charge is 2.48. The molecule has 2 aromatic rings. The summed E-state index contributed by atoms with van der Waals surface area (Å²) in [5.74, 6) is -1.61. The number of fused-ring (bicyclic) bond motifs is 3. The van der Waals surface area contributed by atoms with E-state index >= 15 is 0 Å². The summed E-state index contributed by atoms with van der Waals surface area (Å²) in [5.41, 5.74) is 3.66. The van der Waals surface area contributed by atoms with E-state index < -0.39 is 23.4 Å². The molecule has 2 aromatic carbocycles. The predicted octanol–water partition coefficient (Wildman–Crippen LogP) is 4.12. The van der Waals surface area contributed by atoms with Crippen molar-refractivity contribution in [3.05, 3.63) is 59.7 Å². The van der Waals surface area contributed by atoms with Crippen LogP contribution in [0.25, 0.3) is 11.1 Å². The molecule has 1 heterocycles. The number of carbonyl (C=O) groups excluding carboxylic acids is 2. The first kappa shape index (κ1) is 23.8. The van der Waals surface area contributed by atoms with Crippen molar-refractivity contribution in [3.63, 3.8) is 0 Å². The zero-order chi connectivity index (χ0) is 24.5. The molecule has 4 rings (SSSR count). The summed E-state index contributed by atoms with van der Waals surface area (Å²) >= 11 is 0. The van der Waals surface area contributed by atoms with Crippen molar-refractivity contribution in [2.45, 2.75) is 33.1 Å². The Morgan fingerprint density at radius 2 is 1.71 bits per heavy atom. The zero-order valence-corrected chi connectivity index (χ0v) is 19.9. The monoisotopic (exact) mass is 464 g/mol. The van der Waals surface area contributed by atoms with Crippen LogP contribution in [-0.2, 0) is 14.3 Å². The third-order valence-electron chi connectivity index (χ3n) is 7.58. The topological polar surface area (TPSA) is 95.9 Å². The quantitative estimate of drug-likeness (QED) is 0.643. The number of nitrogens with zero attached hydrogens (tertiary/aromatic N) is 1. The van der Waals surface area contributed by atoms with Gasteiger partial charge < -0.3 is 20.1 Å². The van der Waals surface area contributed by atoms with E-state index in [4.69, 9.17) is 4.74 Å². The van der Waals surface area contributed by atoms with Gasteiger partial charge in [-0.3, -0.25) is 9.59 Å². The van der Waals surface area contributed by atoms with E-state index in [1.807, 2.05) is 38.1 Å². The molecule has 2 amide bonds. The first-order valence-corrected chi connectivity index (χ1v) is 11.9. The van der Waals surface area contributed by atoms with Gasteiger partial charge in [-0.2, -0.15) is 0 Å². The maximum atomic E-state index is 13.0. The minimum atomic E-state index is -0.950. The largest absolute Gasteiger partial charge is 0.481 e. The number of alkyl carbamates (subject to hydrolysis) is 1. The number of amides is 2. The molecule has 2 N–H and O–H groups in total. The summed E-state index contributed by atoms with van der Waals surface area (Å²) < 4.78 is 5.57. The van der Waals surface area contributed by atoms with Crippen LogP contribution in [0.1, 0.15) is 44.2 Å². The first-order chi connectivity index (χ1) is 16.3. The molecule has 0 spiro atoms. The Kier molecular flexibility index (Phi) is 6.64. The molecule has 2 aliphatic rings. The molecule has 1 aliphatic heterocycles. The van der Waals surface area contributed by atoms with Gasteiger partial charge in [-0.1, -0.05) is 62.4 Å². The molecule has 1 aliphatic carbocycles. The maximum Gasteiger partial charge on any atom is 0.407 e. The molecule has 34 heavy (non-hydrogen) atoms. The number of carboxylic acids is 1. The molecule has 1 fully saturated rings. The molecule has 0 saturated carbocycles. The van der Waals surface area contributed by atoms with E-state index in [0.29, 0.717) is 13.0 Å². The molecular weight excluding hydrogens is 432 g/mol. The number of carbonyl (C=O) groups is 3. The van der Waals surface area contributed by atoms with Gasteiger partial charge in [0.2, 0.25) is 5.91 Å². The maximum absolute atomic E-state index is 13.0. The van der Waals surface area contributed by atoms with Crippen molar-refractivity contribution in [3.8, 4) is 11.1 Å². The number of hydrogen-bond acceptors (Lipinski definition) is 4. The van der Waals surface area contributed by atoms with Crippen molar-refractivity contribution in [1.29, 1.82) is 0 Å². The standard InChI is InChI=1S/C27H32N2O5/c1-4-18(24(30)29-14-17(2)27(3,16-29)25(31)32)13-28-26(33)34-15-23-21-11-7-5-9-19(21)20-10-6-8-12-22(20)23/h5-12,17-18,23H,4,13-16H2,1-3H3,(H,28,33)(H,31,32). The Morgan fingerprint density at radius 3 is 2.24 bits per heavy atom. The van der Waals surface area contributed by atoms with E-state index in [9.17, 15) is 19.5 Å². The number of carboxylic acid groups (broad SMARTS) is 1. The SMILES string of the molecule is CCC(CNC(=O)OCC1c2ccccc2-c2ccccc21)C(=O)N1CC(C)C(C)(C(=O)O)C1. The van der Waals surface area contributed by atoms with Crippen LogP contribution < -0.4 is 5.32 Å². The van der Waals surface area contributed by atoms with Gasteiger partial charge in [0.05, 0.1) is 11.3 Å². The molecule has 7 nitrogen and oxygen atoms in total. The van der Waals surface area contributed by atoms with Gasteiger partial charge in [0.25, 0.3) is 0 Å². The number of hydrogen-bond donors (Lipinski definition) is 2. The lowest BCUT2D eigenvalue weighted by atomic mass is 9.81. The van der Waals surface area contributed by atoms with Crippen molar-refractivity contribution in [2.24, 2.45) is 17.3 Å². The number of nitrogens with one attached hydrogen (secondary N) is 1. The molecule has 3 unspecified atom stereocenters. The van der Waals surface area contributed by atoms with E-state index in [-0.39, 0.29) is 37.4 Å². The lowest BCUT2D eigenvalue weighted by Crippen LogP contribution is -2.42. The fourth-order valence-electron chi connectivity index (χ4n) is 5.12. The molecule has 0 bridgehead atoms. The lowest BCUT2D eigenvalue weighted by Gasteiger charge is -2.25. The lowest BCUT2D eigenvalue weighted by molar-refractivity contribution is -0.149. The highest BCUT2D eigenvalue weighted by Crippen LogP contribution is 2.44. The summed E-state index contributed by atoms with van der Waals surface area (Å²) in [6.45, 7) is 6.39. The molecule has 7 heteroatoms. The fraction of sp³-hybridized carbons (Fsp3) is 0.444. The van der Waals surface area contributed by atoms with E-state index in [1.54, 1.807) is 11.8 Å². The van der Waals surface area contributed by atoms with E-state index in [1.165, 1.54) is 0 Å². The van der Waals surface area contributed by atoms with Gasteiger partial charge in [-0.15, -0.1) is 0 Å². The van der Waals surface area contributed by atoms with Gasteiger partial charge in [-0.05, 0) is 41.5 Å². The number of ether oxygens (including phenoxy) is 1. The highest BCUT2D eigenvalue weighted by molar-refractivity contribution is 5.83. The first-order valence-electron chi connectivity index (χ1n) is 11.9. The summed E-state index contributed by atoms with van der Waals surface area (Å²) in [6.07, 6.45) is -0.0183. The summed E-state index contributed by atoms with van der Waals surface area (Å²) in [6, 6.07) is 16.3. The normalized spacial score (nSPS) is 22.1. The van der Waals surface area contributed by atoms with E-state index in [2.05, 4.69) is 29.6 Å². The summed E-state index contributed by atoms with van der Waals surface area (Å²) in [5, 5.41) is 12.3. The van der Waals surface area contributed by atoms with Crippen LogP contribution in [0.3, 0.4) is 0 Å². The van der Waals surface area contributed by atoms with Crippen LogP contribution in [0.2, 0.25) is 0 Å². The number of rotatable bonds is 7. The second-order valence-corrected chi connectivity index (χ2v) is 9.65. The molecule has 3 atom stereocenters. The third-order valence-corrected chi connectivity index (χ3v) is 7.58. The van der Waals surface area contributed by atoms with Crippen LogP contribution in [0.5, 0.6) is 0 Å². The second-order valence-electron chi connectivity index (χ2n) is 9.65. The van der Waals surface area contributed by atoms with Crippen molar-refractivity contribution < 1.29 is 24.2 Å². The van der Waals surface area contributed by atoms with Crippen molar-refractivity contribution in [2.75, 3.05) is 26.2 Å². The average Bonchev–Trinajstić information content (AvgIpc) is 3.33. The van der Waals surface area contributed by atoms with Crippen LogP contribution in [0.4, 0.5) is 4.79 Å². The minimum absolute atomic E-state index is 0.0264. The minimum Gasteiger partial charge on any atom is -0.481 e. The molecule has 180 valence electrons. The Bertz CT molecular complexity index is 1050. The molecule has 0 radical (unpaired) electrons. The van der Waals surface area contributed by atoms with Crippen LogP contribution in [0, 0.1) is 17.3 Å². The Hall–Kier alpha value is -3.35. The molecule has 1 saturated heterocycles. The smallest absolute Gasteiger partial charge is 0.407 e. The third kappa shape index (κ3) is 4.27. The van der Waals surface area contributed by atoms with Crippen molar-refractivity contribution in [1.82, 2.24) is 10.2 Å². The molecule has 0 aromatic heterocycles. The van der Waals surface area contributed by atoms with Gasteiger partial charge in [0.1, 0.15) is 6.61 Å². The highest BCUT2D eigenvalue weighted by atomic mass is 16.5. The predicted molar refractivity (Wildman–Crippen MR) is 128 cm³/mol. The van der Waals surface area contributed by atoms with Gasteiger partial charge in [0, 0.05) is 25.6 Å². The van der Waals surface area contributed by atoms with Crippen LogP contribution >= 0.6 is 0 Å². The molecular formula is C27H32N2O5. The van der Waals surface area contributed by atoms with Crippen LogP contribution in [0.15, 0.2) is 48.5 Å². The Morgan fingerprint density at radius 1 is 1.12 bits per heavy atom. The zero-order valence-electron chi connectivity index (χ0n) is 19.9. The number of aliphatic carboxylic acids is 1. The Labute approximate surface area is 200 Å². The fourth-order valence-corrected chi connectivity index (χ4v) is 5.12. The van der Waals surface area contributed by atoms with Crippen LogP contribution in [-0.4, -0.2) is 54.2 Å². The second kappa shape index (κ2) is 9.49. The van der Waals surface area contributed by atoms with Gasteiger partial charge >= 0.3 is 12.1 Å². The van der Waals surface area contributed by atoms with Gasteiger partial charge in [-0.25, -0.2) is 4.79 Å². The summed E-state index contributed by atoms with van der Waals surface area (Å²) in [4.78, 5) is 38.8. The number of likely N-dealkylation sites (tertiary alicyclic amines) is 1. The average molecular weight is 465 g/mol. The Balaban J connectivity index is 1.33. The summed E-state index contributed by atoms with van der Waals surface area (Å²) in [7, 11) is 0. The number of benzene rings is 2. The van der Waals surface area contributed by atoms with E-state index in [0.717, 1.165) is 22.3 Å². The van der Waals surface area contributed by atoms with Crippen molar-refractivity contribution >= 4 is 18.0 Å².